The van der Waals surface area contributed by atoms with Gasteiger partial charge in [-0.3, -0.25) is 9.59 Å². The van der Waals surface area contributed by atoms with Gasteiger partial charge in [-0.15, -0.1) is 0 Å². The molecule has 23 heavy (non-hydrogen) atoms. The van der Waals surface area contributed by atoms with Crippen molar-refractivity contribution in [1.82, 2.24) is 5.43 Å². The molecular weight excluding hydrogens is 361 g/mol. The highest BCUT2D eigenvalue weighted by Gasteiger charge is 2.15. The molecule has 0 bridgehead atoms. The molecule has 2 amide bonds. The van der Waals surface area contributed by atoms with Crippen LogP contribution in [-0.4, -0.2) is 18.0 Å². The van der Waals surface area contributed by atoms with Crippen molar-refractivity contribution >= 4 is 58.5 Å². The fraction of sp³-hybridized carbons (Fsp3) is 0. The smallest absolute Gasteiger partial charge is 0.316 e. The molecule has 0 aromatic heterocycles. The lowest BCUT2D eigenvalue weighted by atomic mass is 10.2. The lowest BCUT2D eigenvalue weighted by Crippen LogP contribution is -2.32. The van der Waals surface area contributed by atoms with Gasteiger partial charge in [0.2, 0.25) is 0 Å². The van der Waals surface area contributed by atoms with E-state index >= 15 is 0 Å². The number of nitrogens with zero attached hydrogens (tertiary/aromatic N) is 1. The van der Waals surface area contributed by atoms with Crippen LogP contribution in [0, 0.1) is 0 Å². The molecule has 2 rings (SSSR count). The third kappa shape index (κ3) is 4.69. The molecule has 5 nitrogen and oxygen atoms in total. The maximum atomic E-state index is 11.8. The molecule has 0 aliphatic heterocycles. The molecule has 0 aliphatic carbocycles. The number of nitrogens with one attached hydrogen (secondary N) is 2. The minimum Gasteiger partial charge on any atom is -0.316 e. The number of benzene rings is 2. The summed E-state index contributed by atoms with van der Waals surface area (Å²) >= 11 is 17.7. The van der Waals surface area contributed by atoms with Crippen molar-refractivity contribution in [2.45, 2.75) is 0 Å². The zero-order chi connectivity index (χ0) is 16.8. The molecule has 118 valence electrons. The number of hydrogen-bond donors (Lipinski definition) is 2. The normalized spacial score (nSPS) is 10.6. The fourth-order valence-electron chi connectivity index (χ4n) is 1.57. The van der Waals surface area contributed by atoms with E-state index in [1.807, 2.05) is 0 Å². The predicted molar refractivity (Wildman–Crippen MR) is 92.3 cm³/mol. The Hall–Kier alpha value is -2.08. The largest absolute Gasteiger partial charge is 0.329 e. The van der Waals surface area contributed by atoms with Gasteiger partial charge in [-0.2, -0.15) is 5.10 Å². The Morgan fingerprint density at radius 3 is 2.35 bits per heavy atom. The van der Waals surface area contributed by atoms with E-state index in [-0.39, 0.29) is 15.7 Å². The summed E-state index contributed by atoms with van der Waals surface area (Å²) in [4.78, 5) is 23.4. The summed E-state index contributed by atoms with van der Waals surface area (Å²) in [5.74, 6) is -1.88. The quantitative estimate of drug-likeness (QED) is 0.491. The molecule has 0 radical (unpaired) electrons. The van der Waals surface area contributed by atoms with Crippen molar-refractivity contribution in [1.29, 1.82) is 0 Å². The number of carbonyl (C=O) groups is 2. The number of halogens is 3. The Kier molecular flexibility index (Phi) is 5.98. The highest BCUT2D eigenvalue weighted by atomic mass is 35.5. The zero-order valence-corrected chi connectivity index (χ0v) is 13.8. The third-order valence-corrected chi connectivity index (χ3v) is 3.84. The summed E-state index contributed by atoms with van der Waals surface area (Å²) in [5, 5.41) is 6.91. The first-order chi connectivity index (χ1) is 11.0. The second-order valence-corrected chi connectivity index (χ2v) is 5.47. The average molecular weight is 371 g/mol. The lowest BCUT2D eigenvalue weighted by Gasteiger charge is -2.06. The first-order valence-corrected chi connectivity index (χ1v) is 7.45. The van der Waals surface area contributed by atoms with Crippen molar-refractivity contribution in [2.75, 3.05) is 5.32 Å². The van der Waals surface area contributed by atoms with Gasteiger partial charge in [0.1, 0.15) is 0 Å². The molecule has 8 heteroatoms. The van der Waals surface area contributed by atoms with Gasteiger partial charge in [-0.1, -0.05) is 59.1 Å². The molecule has 0 saturated carbocycles. The van der Waals surface area contributed by atoms with E-state index < -0.39 is 11.8 Å². The van der Waals surface area contributed by atoms with Crippen LogP contribution in [0.3, 0.4) is 0 Å². The standard InChI is InChI=1S/C15H10Cl3N3O2/c16-10-5-2-1-4-9(10)8-19-21-15(23)14(22)20-12-7-3-6-11(17)13(12)18/h1-8H,(H,20,22)(H,21,23)/b19-8+. The van der Waals surface area contributed by atoms with E-state index in [2.05, 4.69) is 15.8 Å². The molecule has 0 aliphatic rings. The number of hydrogen-bond acceptors (Lipinski definition) is 3. The van der Waals surface area contributed by atoms with Gasteiger partial charge in [-0.25, -0.2) is 5.43 Å². The molecule has 0 saturated heterocycles. The first-order valence-electron chi connectivity index (χ1n) is 6.32. The number of rotatable bonds is 3. The molecule has 2 aromatic rings. The van der Waals surface area contributed by atoms with Crippen LogP contribution in [-0.2, 0) is 9.59 Å². The summed E-state index contributed by atoms with van der Waals surface area (Å²) in [6, 6.07) is 11.6. The van der Waals surface area contributed by atoms with E-state index in [0.29, 0.717) is 10.6 Å². The molecule has 0 heterocycles. The van der Waals surface area contributed by atoms with Crippen molar-refractivity contribution in [3.8, 4) is 0 Å². The number of hydrazone groups is 1. The summed E-state index contributed by atoms with van der Waals surface area (Å²) in [6.07, 6.45) is 1.33. The number of carbonyl (C=O) groups excluding carboxylic acids is 2. The van der Waals surface area contributed by atoms with E-state index in [1.165, 1.54) is 12.3 Å². The van der Waals surface area contributed by atoms with Gasteiger partial charge >= 0.3 is 11.8 Å². The molecule has 2 N–H and O–H groups in total. The third-order valence-electron chi connectivity index (χ3n) is 2.68. The monoisotopic (exact) mass is 369 g/mol. The van der Waals surface area contributed by atoms with Crippen molar-refractivity contribution in [3.05, 3.63) is 63.1 Å². The highest BCUT2D eigenvalue weighted by molar-refractivity contribution is 6.45. The molecular formula is C15H10Cl3N3O2. The van der Waals surface area contributed by atoms with Crippen LogP contribution >= 0.6 is 34.8 Å². The second-order valence-electron chi connectivity index (χ2n) is 4.28. The summed E-state index contributed by atoms with van der Waals surface area (Å²) < 4.78 is 0. The van der Waals surface area contributed by atoms with Crippen molar-refractivity contribution in [3.63, 3.8) is 0 Å². The molecule has 0 unspecified atom stereocenters. The molecule has 2 aromatic carbocycles. The van der Waals surface area contributed by atoms with Gasteiger partial charge in [0, 0.05) is 10.6 Å². The van der Waals surface area contributed by atoms with Gasteiger partial charge in [-0.05, 0) is 18.2 Å². The van der Waals surface area contributed by atoms with Gasteiger partial charge in [0.05, 0.1) is 21.9 Å². The Bertz CT molecular complexity index is 778. The maximum Gasteiger partial charge on any atom is 0.329 e. The van der Waals surface area contributed by atoms with Gasteiger partial charge in [0.25, 0.3) is 0 Å². The lowest BCUT2D eigenvalue weighted by molar-refractivity contribution is -0.136. The van der Waals surface area contributed by atoms with Crippen LogP contribution in [0.4, 0.5) is 5.69 Å². The second kappa shape index (κ2) is 7.97. The Morgan fingerprint density at radius 2 is 1.61 bits per heavy atom. The summed E-state index contributed by atoms with van der Waals surface area (Å²) in [7, 11) is 0. The van der Waals surface area contributed by atoms with Crippen LogP contribution in [0.1, 0.15) is 5.56 Å². The predicted octanol–water partition coefficient (Wildman–Crippen LogP) is 3.74. The minimum atomic E-state index is -0.954. The first kappa shape index (κ1) is 17.3. The van der Waals surface area contributed by atoms with E-state index in [0.717, 1.165) is 0 Å². The van der Waals surface area contributed by atoms with E-state index in [1.54, 1.807) is 36.4 Å². The van der Waals surface area contributed by atoms with Gasteiger partial charge in [0.15, 0.2) is 0 Å². The van der Waals surface area contributed by atoms with E-state index in [4.69, 9.17) is 34.8 Å². The fourth-order valence-corrected chi connectivity index (χ4v) is 2.10. The molecule has 0 fully saturated rings. The zero-order valence-electron chi connectivity index (χ0n) is 11.5. The Labute approximate surface area is 147 Å². The van der Waals surface area contributed by atoms with Crippen LogP contribution in [0.25, 0.3) is 0 Å². The van der Waals surface area contributed by atoms with Crippen molar-refractivity contribution < 1.29 is 9.59 Å². The van der Waals surface area contributed by atoms with Crippen LogP contribution in [0.15, 0.2) is 47.6 Å². The van der Waals surface area contributed by atoms with Crippen LogP contribution in [0.5, 0.6) is 0 Å². The summed E-state index contributed by atoms with van der Waals surface area (Å²) in [5.41, 5.74) is 2.93. The highest BCUT2D eigenvalue weighted by Crippen LogP contribution is 2.29. The SMILES string of the molecule is O=C(N/N=C/c1ccccc1Cl)C(=O)Nc1cccc(Cl)c1Cl. The summed E-state index contributed by atoms with van der Waals surface area (Å²) in [6.45, 7) is 0. The number of amides is 2. The van der Waals surface area contributed by atoms with Crippen LogP contribution in [0.2, 0.25) is 15.1 Å². The molecule has 0 atom stereocenters. The Morgan fingerprint density at radius 1 is 0.913 bits per heavy atom. The van der Waals surface area contributed by atoms with Gasteiger partial charge < -0.3 is 5.32 Å². The van der Waals surface area contributed by atoms with Crippen LogP contribution < -0.4 is 10.7 Å². The van der Waals surface area contributed by atoms with Crippen molar-refractivity contribution in [2.24, 2.45) is 5.10 Å². The maximum absolute atomic E-state index is 11.8. The average Bonchev–Trinajstić information content (AvgIpc) is 2.53. The topological polar surface area (TPSA) is 70.6 Å². The number of anilines is 1. The Balaban J connectivity index is 1.97. The van der Waals surface area contributed by atoms with E-state index in [9.17, 15) is 9.59 Å². The minimum absolute atomic E-state index is 0.148. The molecule has 0 spiro atoms.